The topological polar surface area (TPSA) is 165 Å². The number of rotatable bonds is 8. The van der Waals surface area contributed by atoms with Crippen molar-refractivity contribution in [1.82, 2.24) is 25.3 Å². The molecule has 0 aliphatic carbocycles. The Bertz CT molecular complexity index is 1530. The number of hydrogen-bond donors (Lipinski definition) is 4. The molecule has 5 rings (SSSR count). The second-order valence-electron chi connectivity index (χ2n) is 8.36. The summed E-state index contributed by atoms with van der Waals surface area (Å²) in [6.07, 6.45) is 2.40. The minimum atomic E-state index is -1.06. The molecule has 0 aliphatic rings. The minimum absolute atomic E-state index is 0.0493. The van der Waals surface area contributed by atoms with Gasteiger partial charge in [-0.3, -0.25) is 4.79 Å². The van der Waals surface area contributed by atoms with Gasteiger partial charge >= 0.3 is 6.09 Å². The first-order valence-electron chi connectivity index (χ1n) is 11.7. The second-order valence-corrected chi connectivity index (χ2v) is 8.36. The van der Waals surface area contributed by atoms with Crippen molar-refractivity contribution in [2.24, 2.45) is 5.73 Å². The number of aromatic amines is 1. The Labute approximate surface area is 217 Å². The maximum absolute atomic E-state index is 12.8. The summed E-state index contributed by atoms with van der Waals surface area (Å²) in [5.74, 6) is 0.336. The summed E-state index contributed by atoms with van der Waals surface area (Å²) in [4.78, 5) is 42.6. The van der Waals surface area contributed by atoms with Crippen molar-refractivity contribution in [3.8, 4) is 17.1 Å². The fourth-order valence-corrected chi connectivity index (χ4v) is 3.96. The van der Waals surface area contributed by atoms with Crippen molar-refractivity contribution in [2.75, 3.05) is 17.2 Å². The average molecular weight is 509 g/mol. The summed E-state index contributed by atoms with van der Waals surface area (Å²) in [5, 5.41) is 3.37. The SMILES string of the molecule is NC(=O)C(CN(c1ccccc1)c1ccccn1)NC(=O)Oc1ccc2[nH]c(-c3ccnc(N)n3)cc2c1. The van der Waals surface area contributed by atoms with Crippen LogP contribution < -0.4 is 26.4 Å². The maximum atomic E-state index is 12.8. The highest BCUT2D eigenvalue weighted by atomic mass is 16.6. The van der Waals surface area contributed by atoms with Gasteiger partial charge in [0.05, 0.1) is 17.9 Å². The number of nitrogens with one attached hydrogen (secondary N) is 2. The number of pyridine rings is 1. The second kappa shape index (κ2) is 10.7. The zero-order valence-corrected chi connectivity index (χ0v) is 20.1. The molecule has 190 valence electrons. The number of anilines is 3. The van der Waals surface area contributed by atoms with Gasteiger partial charge < -0.3 is 31.4 Å². The lowest BCUT2D eigenvalue weighted by atomic mass is 10.2. The summed E-state index contributed by atoms with van der Waals surface area (Å²) < 4.78 is 5.48. The van der Waals surface area contributed by atoms with Crippen molar-refractivity contribution in [2.45, 2.75) is 6.04 Å². The summed E-state index contributed by atoms with van der Waals surface area (Å²) in [6, 6.07) is 22.5. The fraction of sp³-hybridized carbons (Fsp3) is 0.0741. The van der Waals surface area contributed by atoms with Crippen LogP contribution in [0.25, 0.3) is 22.3 Å². The lowest BCUT2D eigenvalue weighted by Gasteiger charge is -2.27. The highest BCUT2D eigenvalue weighted by Crippen LogP contribution is 2.27. The number of fused-ring (bicyclic) bond motifs is 1. The zero-order valence-electron chi connectivity index (χ0n) is 20.1. The molecule has 11 nitrogen and oxygen atoms in total. The smallest absolute Gasteiger partial charge is 0.410 e. The van der Waals surface area contributed by atoms with Gasteiger partial charge in [0.1, 0.15) is 17.6 Å². The monoisotopic (exact) mass is 508 g/mol. The lowest BCUT2D eigenvalue weighted by molar-refractivity contribution is -0.119. The molecule has 2 aromatic carbocycles. The highest BCUT2D eigenvalue weighted by molar-refractivity contribution is 5.88. The number of amides is 2. The predicted molar refractivity (Wildman–Crippen MR) is 144 cm³/mol. The van der Waals surface area contributed by atoms with E-state index in [1.165, 1.54) is 0 Å². The number of H-pyrrole nitrogens is 1. The quantitative estimate of drug-likeness (QED) is 0.248. The van der Waals surface area contributed by atoms with Gasteiger partial charge in [0.25, 0.3) is 0 Å². The normalized spacial score (nSPS) is 11.6. The van der Waals surface area contributed by atoms with Crippen LogP contribution in [0.15, 0.2) is 91.3 Å². The summed E-state index contributed by atoms with van der Waals surface area (Å²) in [6.45, 7) is 0.0493. The molecule has 38 heavy (non-hydrogen) atoms. The number of ether oxygens (including phenoxy) is 1. The highest BCUT2D eigenvalue weighted by Gasteiger charge is 2.24. The number of nitrogen functional groups attached to an aromatic ring is 1. The molecular formula is C27H24N8O3. The van der Waals surface area contributed by atoms with E-state index >= 15 is 0 Å². The van der Waals surface area contributed by atoms with Crippen LogP contribution in [0.5, 0.6) is 5.75 Å². The molecule has 0 aliphatic heterocycles. The maximum Gasteiger partial charge on any atom is 0.413 e. The van der Waals surface area contributed by atoms with E-state index in [4.69, 9.17) is 16.2 Å². The van der Waals surface area contributed by atoms with E-state index in [0.29, 0.717) is 11.5 Å². The third-order valence-corrected chi connectivity index (χ3v) is 5.75. The Kier molecular flexibility index (Phi) is 6.81. The van der Waals surface area contributed by atoms with Crippen molar-refractivity contribution < 1.29 is 14.3 Å². The van der Waals surface area contributed by atoms with E-state index < -0.39 is 18.0 Å². The molecule has 0 bridgehead atoms. The van der Waals surface area contributed by atoms with Crippen molar-refractivity contribution in [3.05, 3.63) is 91.3 Å². The first-order valence-corrected chi connectivity index (χ1v) is 11.7. The van der Waals surface area contributed by atoms with Gasteiger partial charge in [-0.2, -0.15) is 0 Å². The van der Waals surface area contributed by atoms with Gasteiger partial charge in [-0.15, -0.1) is 0 Å². The Hall–Kier alpha value is -5.45. The molecule has 1 atom stereocenters. The minimum Gasteiger partial charge on any atom is -0.410 e. The first kappa shape index (κ1) is 24.3. The molecule has 0 saturated carbocycles. The van der Waals surface area contributed by atoms with Gasteiger partial charge in [-0.25, -0.2) is 19.7 Å². The van der Waals surface area contributed by atoms with Crippen LogP contribution in [0, 0.1) is 0 Å². The molecule has 1 unspecified atom stereocenters. The van der Waals surface area contributed by atoms with Crippen molar-refractivity contribution >= 4 is 40.4 Å². The number of nitrogens with two attached hydrogens (primary N) is 2. The van der Waals surface area contributed by atoms with Crippen LogP contribution in [-0.4, -0.2) is 44.5 Å². The number of carbonyl (C=O) groups excluding carboxylic acids is 2. The van der Waals surface area contributed by atoms with E-state index in [1.807, 2.05) is 42.5 Å². The van der Waals surface area contributed by atoms with Gasteiger partial charge in [-0.05, 0) is 54.6 Å². The molecule has 3 heterocycles. The largest absolute Gasteiger partial charge is 0.413 e. The van der Waals surface area contributed by atoms with Gasteiger partial charge in [0.2, 0.25) is 11.9 Å². The molecule has 0 saturated heterocycles. The number of hydrogen-bond acceptors (Lipinski definition) is 8. The molecule has 11 heteroatoms. The Morgan fingerprint density at radius 2 is 1.79 bits per heavy atom. The number of nitrogens with zero attached hydrogens (tertiary/aromatic N) is 4. The van der Waals surface area contributed by atoms with Crippen LogP contribution in [0.1, 0.15) is 0 Å². The molecule has 6 N–H and O–H groups in total. The van der Waals surface area contributed by atoms with E-state index in [0.717, 1.165) is 22.3 Å². The molecule has 0 spiro atoms. The van der Waals surface area contributed by atoms with Crippen LogP contribution in [0.3, 0.4) is 0 Å². The number of benzene rings is 2. The van der Waals surface area contributed by atoms with Crippen molar-refractivity contribution in [1.29, 1.82) is 0 Å². The van der Waals surface area contributed by atoms with Crippen molar-refractivity contribution in [3.63, 3.8) is 0 Å². The summed E-state index contributed by atoms with van der Waals surface area (Å²) in [7, 11) is 0. The van der Waals surface area contributed by atoms with E-state index in [-0.39, 0.29) is 18.2 Å². The van der Waals surface area contributed by atoms with Gasteiger partial charge in [0.15, 0.2) is 0 Å². The molecule has 0 fully saturated rings. The Balaban J connectivity index is 1.32. The zero-order chi connectivity index (χ0) is 26.5. The molecule has 5 aromatic rings. The number of aromatic nitrogens is 4. The average Bonchev–Trinajstić information content (AvgIpc) is 3.35. The summed E-state index contributed by atoms with van der Waals surface area (Å²) in [5.41, 5.74) is 14.3. The van der Waals surface area contributed by atoms with E-state index in [1.54, 1.807) is 53.7 Å². The van der Waals surface area contributed by atoms with Crippen LogP contribution in [-0.2, 0) is 4.79 Å². The molecule has 3 aromatic heterocycles. The third-order valence-electron chi connectivity index (χ3n) is 5.75. The lowest BCUT2D eigenvalue weighted by Crippen LogP contribution is -2.51. The Morgan fingerprint density at radius 3 is 2.53 bits per heavy atom. The first-order chi connectivity index (χ1) is 18.5. The molecule has 2 amide bonds. The van der Waals surface area contributed by atoms with Crippen LogP contribution in [0.4, 0.5) is 22.2 Å². The third kappa shape index (κ3) is 5.51. The van der Waals surface area contributed by atoms with E-state index in [9.17, 15) is 9.59 Å². The van der Waals surface area contributed by atoms with Gasteiger partial charge in [0, 0.05) is 29.0 Å². The molecule has 0 radical (unpaired) electrons. The van der Waals surface area contributed by atoms with Gasteiger partial charge in [-0.1, -0.05) is 24.3 Å². The van der Waals surface area contributed by atoms with Crippen LogP contribution >= 0.6 is 0 Å². The standard InChI is InChI=1S/C27H24N8O3/c28-25(36)23(16-35(18-6-2-1-3-7-18)24-8-4-5-12-30-24)34-27(37)38-19-9-10-20-17(14-19)15-22(32-20)21-11-13-31-26(29)33-21/h1-15,23,32H,16H2,(H2,28,36)(H,34,37)(H2,29,31,33). The fourth-order valence-electron chi connectivity index (χ4n) is 3.96. The molecular weight excluding hydrogens is 484 g/mol. The number of primary amides is 1. The Morgan fingerprint density at radius 1 is 0.974 bits per heavy atom. The van der Waals surface area contributed by atoms with Crippen LogP contribution in [0.2, 0.25) is 0 Å². The number of para-hydroxylation sites is 1. The predicted octanol–water partition coefficient (Wildman–Crippen LogP) is 3.38. The summed E-state index contributed by atoms with van der Waals surface area (Å²) >= 11 is 0. The van der Waals surface area contributed by atoms with E-state index in [2.05, 4.69) is 25.3 Å². The number of carbonyl (C=O) groups is 2.